The average Bonchev–Trinajstić information content (AvgIpc) is 2.93. The minimum absolute atomic E-state index is 0.0637. The molecule has 122 valence electrons. The van der Waals surface area contributed by atoms with Crippen LogP contribution in [-0.4, -0.2) is 57.2 Å². The molecule has 8 nitrogen and oxygen atoms in total. The molecule has 1 amide bonds. The van der Waals surface area contributed by atoms with Crippen molar-refractivity contribution >= 4 is 11.9 Å². The fraction of sp³-hybridized carbons (Fsp3) is 0.467. The van der Waals surface area contributed by atoms with Crippen LogP contribution in [0.3, 0.4) is 0 Å². The molecule has 23 heavy (non-hydrogen) atoms. The Kier molecular flexibility index (Phi) is 4.24. The van der Waals surface area contributed by atoms with E-state index in [1.54, 1.807) is 23.4 Å². The number of anilines is 1. The SMILES string of the molecule is Cc1n[nH]c(C)c1[C@H](N)C(=O)N1CCN(c2ncccn2)CC1. The summed E-state index contributed by atoms with van der Waals surface area (Å²) in [4.78, 5) is 25.0. The number of hydrogen-bond acceptors (Lipinski definition) is 6. The molecule has 3 heterocycles. The molecule has 3 N–H and O–H groups in total. The number of nitrogens with two attached hydrogens (primary N) is 1. The maximum atomic E-state index is 12.7. The molecule has 1 fully saturated rings. The summed E-state index contributed by atoms with van der Waals surface area (Å²) >= 11 is 0. The van der Waals surface area contributed by atoms with E-state index >= 15 is 0 Å². The molecule has 0 saturated carbocycles. The zero-order valence-corrected chi connectivity index (χ0v) is 13.4. The molecule has 1 atom stereocenters. The second-order valence-corrected chi connectivity index (χ2v) is 5.69. The Labute approximate surface area is 134 Å². The number of aromatic amines is 1. The average molecular weight is 315 g/mol. The van der Waals surface area contributed by atoms with Crippen molar-refractivity contribution in [2.75, 3.05) is 31.1 Å². The highest BCUT2D eigenvalue weighted by atomic mass is 16.2. The Balaban J connectivity index is 1.64. The van der Waals surface area contributed by atoms with Crippen molar-refractivity contribution in [1.29, 1.82) is 0 Å². The molecule has 0 unspecified atom stereocenters. The van der Waals surface area contributed by atoms with Crippen LogP contribution < -0.4 is 10.6 Å². The van der Waals surface area contributed by atoms with Crippen LogP contribution in [0.4, 0.5) is 5.95 Å². The number of amides is 1. The third-order valence-corrected chi connectivity index (χ3v) is 4.19. The van der Waals surface area contributed by atoms with Gasteiger partial charge in [-0.2, -0.15) is 5.10 Å². The first kappa shape index (κ1) is 15.4. The van der Waals surface area contributed by atoms with Crippen LogP contribution in [0.25, 0.3) is 0 Å². The third kappa shape index (κ3) is 3.02. The van der Waals surface area contributed by atoms with E-state index in [0.29, 0.717) is 32.1 Å². The minimum Gasteiger partial charge on any atom is -0.337 e. The largest absolute Gasteiger partial charge is 0.337 e. The topological polar surface area (TPSA) is 104 Å². The molecule has 1 aliphatic rings. The predicted octanol–water partition coefficient (Wildman–Crippen LogP) is 0.165. The minimum atomic E-state index is -0.673. The molecule has 8 heteroatoms. The predicted molar refractivity (Wildman–Crippen MR) is 85.8 cm³/mol. The number of H-pyrrole nitrogens is 1. The Morgan fingerprint density at radius 1 is 1.22 bits per heavy atom. The summed E-state index contributed by atoms with van der Waals surface area (Å²) < 4.78 is 0. The molecule has 0 radical (unpaired) electrons. The number of aromatic nitrogens is 4. The van der Waals surface area contributed by atoms with Crippen molar-refractivity contribution in [2.24, 2.45) is 5.73 Å². The molecular weight excluding hydrogens is 294 g/mol. The molecule has 3 rings (SSSR count). The molecular formula is C15H21N7O. The monoisotopic (exact) mass is 315 g/mol. The Hall–Kier alpha value is -2.48. The molecule has 2 aromatic rings. The number of aryl methyl sites for hydroxylation is 2. The Morgan fingerprint density at radius 3 is 2.43 bits per heavy atom. The number of rotatable bonds is 3. The van der Waals surface area contributed by atoms with Gasteiger partial charge in [0.2, 0.25) is 11.9 Å². The van der Waals surface area contributed by atoms with Gasteiger partial charge in [-0.25, -0.2) is 9.97 Å². The summed E-state index contributed by atoms with van der Waals surface area (Å²) in [5, 5.41) is 6.99. The van der Waals surface area contributed by atoms with Crippen molar-refractivity contribution in [3.05, 3.63) is 35.4 Å². The zero-order valence-electron chi connectivity index (χ0n) is 13.4. The number of carbonyl (C=O) groups excluding carboxylic acids is 1. The summed E-state index contributed by atoms with van der Waals surface area (Å²) in [7, 11) is 0. The van der Waals surface area contributed by atoms with Crippen molar-refractivity contribution in [2.45, 2.75) is 19.9 Å². The second-order valence-electron chi connectivity index (χ2n) is 5.69. The van der Waals surface area contributed by atoms with E-state index in [0.717, 1.165) is 17.0 Å². The van der Waals surface area contributed by atoms with Gasteiger partial charge < -0.3 is 15.5 Å². The lowest BCUT2D eigenvalue weighted by molar-refractivity contribution is -0.133. The summed E-state index contributed by atoms with van der Waals surface area (Å²) in [6.07, 6.45) is 3.44. The van der Waals surface area contributed by atoms with Gasteiger partial charge in [-0.1, -0.05) is 0 Å². The molecule has 2 aromatic heterocycles. The van der Waals surface area contributed by atoms with Gasteiger partial charge in [0.15, 0.2) is 0 Å². The lowest BCUT2D eigenvalue weighted by Gasteiger charge is -2.35. The maximum absolute atomic E-state index is 12.7. The van der Waals surface area contributed by atoms with Gasteiger partial charge in [0, 0.05) is 49.8 Å². The van der Waals surface area contributed by atoms with Crippen LogP contribution in [0.2, 0.25) is 0 Å². The van der Waals surface area contributed by atoms with E-state index in [1.165, 1.54) is 0 Å². The number of nitrogens with one attached hydrogen (secondary N) is 1. The van der Waals surface area contributed by atoms with Crippen LogP contribution >= 0.6 is 0 Å². The first-order chi connectivity index (χ1) is 11.1. The molecule has 1 saturated heterocycles. The van der Waals surface area contributed by atoms with E-state index in [9.17, 15) is 4.79 Å². The van der Waals surface area contributed by atoms with Crippen molar-refractivity contribution in [3.8, 4) is 0 Å². The van der Waals surface area contributed by atoms with Crippen LogP contribution in [0.5, 0.6) is 0 Å². The molecule has 0 aliphatic carbocycles. The van der Waals surface area contributed by atoms with Crippen LogP contribution in [0.15, 0.2) is 18.5 Å². The summed E-state index contributed by atoms with van der Waals surface area (Å²) in [5.41, 5.74) is 8.59. The molecule has 1 aliphatic heterocycles. The van der Waals surface area contributed by atoms with E-state index in [4.69, 9.17) is 5.73 Å². The van der Waals surface area contributed by atoms with Gasteiger partial charge in [0.1, 0.15) is 6.04 Å². The number of piperazine rings is 1. The fourth-order valence-corrected chi connectivity index (χ4v) is 2.92. The maximum Gasteiger partial charge on any atom is 0.244 e. The van der Waals surface area contributed by atoms with E-state index in [2.05, 4.69) is 25.1 Å². The highest BCUT2D eigenvalue weighted by Gasteiger charge is 2.29. The van der Waals surface area contributed by atoms with Gasteiger partial charge in [0.25, 0.3) is 0 Å². The normalized spacial score (nSPS) is 16.5. The number of carbonyl (C=O) groups is 1. The standard InChI is InChI=1S/C15H21N7O/c1-10-12(11(2)20-19-10)13(16)14(23)21-6-8-22(9-7-21)15-17-4-3-5-18-15/h3-5,13H,6-9,16H2,1-2H3,(H,19,20)/t13-/m0/s1. The second kappa shape index (κ2) is 6.33. The van der Waals surface area contributed by atoms with Crippen LogP contribution in [0, 0.1) is 13.8 Å². The quantitative estimate of drug-likeness (QED) is 0.836. The van der Waals surface area contributed by atoms with Crippen LogP contribution in [0.1, 0.15) is 23.0 Å². The fourth-order valence-electron chi connectivity index (χ4n) is 2.92. The van der Waals surface area contributed by atoms with E-state index < -0.39 is 6.04 Å². The highest BCUT2D eigenvalue weighted by molar-refractivity contribution is 5.83. The van der Waals surface area contributed by atoms with Gasteiger partial charge in [-0.05, 0) is 19.9 Å². The molecule has 0 spiro atoms. The zero-order chi connectivity index (χ0) is 16.4. The Morgan fingerprint density at radius 2 is 1.87 bits per heavy atom. The van der Waals surface area contributed by atoms with Gasteiger partial charge >= 0.3 is 0 Å². The van der Waals surface area contributed by atoms with Crippen molar-refractivity contribution < 1.29 is 4.79 Å². The first-order valence-corrected chi connectivity index (χ1v) is 7.65. The van der Waals surface area contributed by atoms with E-state index in [1.807, 2.05) is 13.8 Å². The van der Waals surface area contributed by atoms with Crippen LogP contribution in [-0.2, 0) is 4.79 Å². The third-order valence-electron chi connectivity index (χ3n) is 4.19. The summed E-state index contributed by atoms with van der Waals surface area (Å²) in [5.74, 6) is 0.636. The lowest BCUT2D eigenvalue weighted by atomic mass is 10.0. The van der Waals surface area contributed by atoms with Gasteiger partial charge in [0.05, 0.1) is 5.69 Å². The number of hydrogen-bond donors (Lipinski definition) is 2. The van der Waals surface area contributed by atoms with E-state index in [-0.39, 0.29) is 5.91 Å². The summed E-state index contributed by atoms with van der Waals surface area (Å²) in [6, 6.07) is 1.12. The van der Waals surface area contributed by atoms with Crippen molar-refractivity contribution in [1.82, 2.24) is 25.1 Å². The number of nitrogens with zero attached hydrogens (tertiary/aromatic N) is 5. The molecule has 0 bridgehead atoms. The summed E-state index contributed by atoms with van der Waals surface area (Å²) in [6.45, 7) is 6.36. The Bertz CT molecular complexity index is 657. The van der Waals surface area contributed by atoms with Crippen molar-refractivity contribution in [3.63, 3.8) is 0 Å². The molecule has 0 aromatic carbocycles. The van der Waals surface area contributed by atoms with Gasteiger partial charge in [-0.3, -0.25) is 9.89 Å². The first-order valence-electron chi connectivity index (χ1n) is 7.65. The van der Waals surface area contributed by atoms with Gasteiger partial charge in [-0.15, -0.1) is 0 Å². The lowest BCUT2D eigenvalue weighted by Crippen LogP contribution is -2.51. The highest BCUT2D eigenvalue weighted by Crippen LogP contribution is 2.20. The smallest absolute Gasteiger partial charge is 0.244 e.